The third kappa shape index (κ3) is 3.49. The van der Waals surface area contributed by atoms with Gasteiger partial charge < -0.3 is 10.1 Å². The lowest BCUT2D eigenvalue weighted by Crippen LogP contribution is -2.26. The molecule has 1 aliphatic carbocycles. The van der Waals surface area contributed by atoms with Crippen molar-refractivity contribution in [3.05, 3.63) is 29.8 Å². The van der Waals surface area contributed by atoms with Gasteiger partial charge in [-0.15, -0.1) is 0 Å². The van der Waals surface area contributed by atoms with Gasteiger partial charge in [0, 0.05) is 6.04 Å². The lowest BCUT2D eigenvalue weighted by atomic mass is 10.2. The number of hydrogen-bond donors (Lipinski definition) is 1. The molecule has 1 saturated carbocycles. The van der Waals surface area contributed by atoms with Crippen molar-refractivity contribution in [1.82, 2.24) is 5.32 Å². The van der Waals surface area contributed by atoms with E-state index in [4.69, 9.17) is 10.00 Å². The smallest absolute Gasteiger partial charge is 0.223 e. The summed E-state index contributed by atoms with van der Waals surface area (Å²) in [7, 11) is 0. The molecule has 0 saturated heterocycles. The van der Waals surface area contributed by atoms with Gasteiger partial charge in [0.2, 0.25) is 5.91 Å². The van der Waals surface area contributed by atoms with E-state index in [0.717, 1.165) is 12.8 Å². The standard InChI is InChI=1S/C13H14N2O2/c14-9-10-3-1-2-4-12(10)17-8-7-13(16)15-11-5-6-11/h1-4,11H,5-8H2,(H,15,16). The first-order chi connectivity index (χ1) is 8.29. The Morgan fingerprint density at radius 3 is 2.94 bits per heavy atom. The van der Waals surface area contributed by atoms with Crippen molar-refractivity contribution in [2.75, 3.05) is 6.61 Å². The van der Waals surface area contributed by atoms with Gasteiger partial charge in [-0.25, -0.2) is 0 Å². The molecule has 0 bridgehead atoms. The van der Waals surface area contributed by atoms with E-state index in [9.17, 15) is 4.79 Å². The molecular formula is C13H14N2O2. The minimum atomic E-state index is 0.0157. The number of nitrogens with one attached hydrogen (secondary N) is 1. The fourth-order valence-electron chi connectivity index (χ4n) is 1.47. The minimum absolute atomic E-state index is 0.0157. The number of carbonyl (C=O) groups excluding carboxylic acids is 1. The summed E-state index contributed by atoms with van der Waals surface area (Å²) >= 11 is 0. The van der Waals surface area contributed by atoms with Crippen molar-refractivity contribution >= 4 is 5.91 Å². The van der Waals surface area contributed by atoms with Gasteiger partial charge in [-0.05, 0) is 25.0 Å². The molecule has 1 fully saturated rings. The molecule has 0 heterocycles. The van der Waals surface area contributed by atoms with Crippen molar-refractivity contribution in [2.24, 2.45) is 0 Å². The number of amides is 1. The van der Waals surface area contributed by atoms with Crippen LogP contribution in [0.25, 0.3) is 0 Å². The van der Waals surface area contributed by atoms with E-state index in [2.05, 4.69) is 11.4 Å². The molecule has 0 unspecified atom stereocenters. The summed E-state index contributed by atoms with van der Waals surface area (Å²) in [5.41, 5.74) is 0.495. The molecule has 0 atom stereocenters. The molecule has 0 radical (unpaired) electrons. The highest BCUT2D eigenvalue weighted by atomic mass is 16.5. The number of nitrogens with zero attached hydrogens (tertiary/aromatic N) is 1. The quantitative estimate of drug-likeness (QED) is 0.835. The molecule has 1 amide bonds. The van der Waals surface area contributed by atoms with Gasteiger partial charge in [0.1, 0.15) is 11.8 Å². The Morgan fingerprint density at radius 2 is 2.24 bits per heavy atom. The first-order valence-electron chi connectivity index (χ1n) is 5.71. The number of hydrogen-bond acceptors (Lipinski definition) is 3. The average molecular weight is 230 g/mol. The van der Waals surface area contributed by atoms with Gasteiger partial charge in [-0.2, -0.15) is 5.26 Å². The fraction of sp³-hybridized carbons (Fsp3) is 0.385. The number of para-hydroxylation sites is 1. The van der Waals surface area contributed by atoms with Gasteiger partial charge in [-0.1, -0.05) is 12.1 Å². The number of nitriles is 1. The van der Waals surface area contributed by atoms with Gasteiger partial charge in [0.15, 0.2) is 0 Å². The van der Waals surface area contributed by atoms with Gasteiger partial charge in [-0.3, -0.25) is 4.79 Å². The highest BCUT2D eigenvalue weighted by Crippen LogP contribution is 2.19. The summed E-state index contributed by atoms with van der Waals surface area (Å²) in [5.74, 6) is 0.552. The van der Waals surface area contributed by atoms with Crippen LogP contribution in [0.2, 0.25) is 0 Å². The van der Waals surface area contributed by atoms with Gasteiger partial charge in [0.05, 0.1) is 18.6 Å². The molecule has 1 aromatic carbocycles. The SMILES string of the molecule is N#Cc1ccccc1OCCC(=O)NC1CC1. The Hall–Kier alpha value is -2.02. The van der Waals surface area contributed by atoms with E-state index in [0.29, 0.717) is 30.4 Å². The normalized spacial score (nSPS) is 13.8. The zero-order valence-electron chi connectivity index (χ0n) is 9.48. The molecule has 4 nitrogen and oxygen atoms in total. The molecule has 4 heteroatoms. The summed E-state index contributed by atoms with van der Waals surface area (Å²) in [6.45, 7) is 0.303. The van der Waals surface area contributed by atoms with Crippen LogP contribution >= 0.6 is 0 Å². The van der Waals surface area contributed by atoms with E-state index < -0.39 is 0 Å². The second-order valence-corrected chi connectivity index (χ2v) is 4.05. The maximum absolute atomic E-state index is 11.4. The van der Waals surface area contributed by atoms with Crippen LogP contribution in [0.5, 0.6) is 5.75 Å². The third-order valence-corrected chi connectivity index (χ3v) is 2.54. The molecular weight excluding hydrogens is 216 g/mol. The molecule has 17 heavy (non-hydrogen) atoms. The highest BCUT2D eigenvalue weighted by Gasteiger charge is 2.22. The molecule has 0 spiro atoms. The van der Waals surface area contributed by atoms with E-state index in [1.165, 1.54) is 0 Å². The van der Waals surface area contributed by atoms with Crippen LogP contribution in [0, 0.1) is 11.3 Å². The lowest BCUT2D eigenvalue weighted by Gasteiger charge is -2.07. The predicted octanol–water partition coefficient (Wildman–Crippen LogP) is 1.61. The van der Waals surface area contributed by atoms with E-state index in [1.807, 2.05) is 0 Å². The van der Waals surface area contributed by atoms with Crippen molar-refractivity contribution in [3.63, 3.8) is 0 Å². The zero-order chi connectivity index (χ0) is 12.1. The zero-order valence-corrected chi connectivity index (χ0v) is 9.48. The van der Waals surface area contributed by atoms with Crippen LogP contribution in [0.15, 0.2) is 24.3 Å². The Kier molecular flexibility index (Phi) is 3.61. The molecule has 88 valence electrons. The van der Waals surface area contributed by atoms with Crippen LogP contribution in [-0.2, 0) is 4.79 Å². The summed E-state index contributed by atoms with van der Waals surface area (Å²) < 4.78 is 5.42. The van der Waals surface area contributed by atoms with Gasteiger partial charge >= 0.3 is 0 Å². The number of benzene rings is 1. The van der Waals surface area contributed by atoms with Crippen LogP contribution in [-0.4, -0.2) is 18.6 Å². The molecule has 1 N–H and O–H groups in total. The van der Waals surface area contributed by atoms with E-state index in [-0.39, 0.29) is 5.91 Å². The van der Waals surface area contributed by atoms with E-state index in [1.54, 1.807) is 24.3 Å². The molecule has 0 aliphatic heterocycles. The molecule has 1 aliphatic rings. The van der Waals surface area contributed by atoms with Crippen molar-refractivity contribution in [3.8, 4) is 11.8 Å². The first-order valence-corrected chi connectivity index (χ1v) is 5.71. The number of ether oxygens (including phenoxy) is 1. The highest BCUT2D eigenvalue weighted by molar-refractivity contribution is 5.76. The van der Waals surface area contributed by atoms with Crippen LogP contribution in [0.4, 0.5) is 0 Å². The predicted molar refractivity (Wildman–Crippen MR) is 62.4 cm³/mol. The van der Waals surface area contributed by atoms with Crippen LogP contribution < -0.4 is 10.1 Å². The Balaban J connectivity index is 1.77. The van der Waals surface area contributed by atoms with Crippen molar-refractivity contribution in [2.45, 2.75) is 25.3 Å². The number of carbonyl (C=O) groups is 1. The van der Waals surface area contributed by atoms with Crippen molar-refractivity contribution < 1.29 is 9.53 Å². The Morgan fingerprint density at radius 1 is 1.47 bits per heavy atom. The van der Waals surface area contributed by atoms with Crippen LogP contribution in [0.1, 0.15) is 24.8 Å². The van der Waals surface area contributed by atoms with Crippen LogP contribution in [0.3, 0.4) is 0 Å². The summed E-state index contributed by atoms with van der Waals surface area (Å²) in [6, 6.07) is 9.45. The largest absolute Gasteiger partial charge is 0.492 e. The maximum atomic E-state index is 11.4. The Bertz CT molecular complexity index is 447. The van der Waals surface area contributed by atoms with Crippen molar-refractivity contribution in [1.29, 1.82) is 5.26 Å². The second kappa shape index (κ2) is 5.35. The fourth-order valence-corrected chi connectivity index (χ4v) is 1.47. The van der Waals surface area contributed by atoms with E-state index >= 15 is 0 Å². The van der Waals surface area contributed by atoms with Gasteiger partial charge in [0.25, 0.3) is 0 Å². The topological polar surface area (TPSA) is 62.1 Å². The average Bonchev–Trinajstić information content (AvgIpc) is 3.13. The first kappa shape index (κ1) is 11.5. The molecule has 2 rings (SSSR count). The third-order valence-electron chi connectivity index (χ3n) is 2.54. The minimum Gasteiger partial charge on any atom is -0.492 e. The monoisotopic (exact) mass is 230 g/mol. The number of rotatable bonds is 5. The Labute approximate surface area is 100 Å². The lowest BCUT2D eigenvalue weighted by molar-refractivity contribution is -0.121. The molecule has 1 aromatic rings. The summed E-state index contributed by atoms with van der Waals surface area (Å²) in [4.78, 5) is 11.4. The summed E-state index contributed by atoms with van der Waals surface area (Å²) in [5, 5.41) is 11.7. The molecule has 0 aromatic heterocycles. The summed E-state index contributed by atoms with van der Waals surface area (Å²) in [6.07, 6.45) is 2.50. The maximum Gasteiger partial charge on any atom is 0.223 e. The second-order valence-electron chi connectivity index (χ2n) is 4.05.